The minimum atomic E-state index is -4.45. The monoisotopic (exact) mass is 539 g/mol. The number of carbonyl (C=O) groups excluding carboxylic acids is 3. The molecule has 12 heteroatoms. The van der Waals surface area contributed by atoms with E-state index in [0.29, 0.717) is 17.5 Å². The average molecular weight is 540 g/mol. The van der Waals surface area contributed by atoms with Crippen LogP contribution < -0.4 is 0 Å². The number of likely N-dealkylation sites (N-methyl/N-ethyl adjacent to an activating group) is 2. The molecule has 2 aromatic carbocycles. The van der Waals surface area contributed by atoms with Crippen LogP contribution in [0.1, 0.15) is 25.8 Å². The number of benzene rings is 2. The smallest absolute Gasteiger partial charge is 0.344 e. The van der Waals surface area contributed by atoms with Crippen LogP contribution >= 0.6 is 0 Å². The number of halogens is 3. The summed E-state index contributed by atoms with van der Waals surface area (Å²) in [5, 5.41) is 0. The second-order valence-electron chi connectivity index (χ2n) is 9.45. The average Bonchev–Trinajstić information content (AvgIpc) is 3.00. The van der Waals surface area contributed by atoms with Gasteiger partial charge < -0.3 is 9.80 Å². The van der Waals surface area contributed by atoms with Crippen LogP contribution in [0.2, 0.25) is 0 Å². The molecule has 1 saturated heterocycles. The van der Waals surface area contributed by atoms with E-state index in [4.69, 9.17) is 0 Å². The number of urea groups is 1. The lowest BCUT2D eigenvalue weighted by atomic mass is 10.0. The van der Waals surface area contributed by atoms with Gasteiger partial charge in [0.25, 0.3) is 5.91 Å². The molecule has 1 aliphatic heterocycles. The number of hydrogen-bond acceptors (Lipinski definition) is 5. The predicted molar refractivity (Wildman–Crippen MR) is 130 cm³/mol. The highest BCUT2D eigenvalue weighted by Gasteiger charge is 2.49. The molecule has 8 nitrogen and oxygen atoms in total. The summed E-state index contributed by atoms with van der Waals surface area (Å²) in [4.78, 5) is 40.3. The van der Waals surface area contributed by atoms with Crippen molar-refractivity contribution in [1.29, 1.82) is 0 Å². The van der Waals surface area contributed by atoms with Crippen LogP contribution in [0, 0.1) is 0 Å². The van der Waals surface area contributed by atoms with Crippen LogP contribution in [0.15, 0.2) is 53.4 Å². The van der Waals surface area contributed by atoms with Crippen molar-refractivity contribution in [3.63, 3.8) is 0 Å². The van der Waals surface area contributed by atoms with Crippen molar-refractivity contribution in [1.82, 2.24) is 14.7 Å². The molecule has 0 aliphatic carbocycles. The minimum Gasteiger partial charge on any atom is -0.344 e. The van der Waals surface area contributed by atoms with Gasteiger partial charge in [0.05, 0.1) is 28.8 Å². The van der Waals surface area contributed by atoms with Gasteiger partial charge in [0.1, 0.15) is 5.54 Å². The third kappa shape index (κ3) is 5.79. The molecule has 0 spiro atoms. The summed E-state index contributed by atoms with van der Waals surface area (Å²) in [7, 11) is -0.862. The summed E-state index contributed by atoms with van der Waals surface area (Å²) >= 11 is 0. The lowest BCUT2D eigenvalue weighted by Crippen LogP contribution is -2.46. The molecule has 0 aromatic heterocycles. The van der Waals surface area contributed by atoms with Gasteiger partial charge in [-0.2, -0.15) is 13.2 Å². The standard InChI is InChI=1S/C25H28F3N3O5S/c1-24(2)22(33)31(23(34)30(24)4)15-20(29(3)16-32)13-14-37(35,36)21-11-7-18(8-12-21)17-5-9-19(10-6-17)25(26,27)28/h5-12,16,20H,13-15H2,1-4H3. The van der Waals surface area contributed by atoms with E-state index in [9.17, 15) is 36.0 Å². The maximum atomic E-state index is 13.0. The third-order valence-electron chi connectivity index (χ3n) is 6.74. The first-order chi connectivity index (χ1) is 17.1. The molecule has 1 atom stereocenters. The molecule has 1 fully saturated rings. The number of sulfone groups is 1. The largest absolute Gasteiger partial charge is 0.416 e. The fraction of sp³-hybridized carbons (Fsp3) is 0.400. The lowest BCUT2D eigenvalue weighted by Gasteiger charge is -2.28. The van der Waals surface area contributed by atoms with E-state index < -0.39 is 45.1 Å². The van der Waals surface area contributed by atoms with Crippen molar-refractivity contribution in [2.45, 2.75) is 42.9 Å². The van der Waals surface area contributed by atoms with E-state index in [-0.39, 0.29) is 23.6 Å². The Balaban J connectivity index is 1.73. The Kier molecular flexibility index (Phi) is 7.73. The van der Waals surface area contributed by atoms with Crippen LogP contribution in [-0.2, 0) is 25.6 Å². The van der Waals surface area contributed by atoms with E-state index in [1.807, 2.05) is 0 Å². The third-order valence-corrected chi connectivity index (χ3v) is 8.50. The highest BCUT2D eigenvalue weighted by Crippen LogP contribution is 2.31. The maximum absolute atomic E-state index is 13.0. The van der Waals surface area contributed by atoms with Gasteiger partial charge in [0.15, 0.2) is 9.84 Å². The van der Waals surface area contributed by atoms with Gasteiger partial charge >= 0.3 is 12.2 Å². The SMILES string of the molecule is CN(C=O)C(CCS(=O)(=O)c1ccc(-c2ccc(C(F)(F)F)cc2)cc1)CN1C(=O)N(C)C(C)(C)C1=O. The number of nitrogens with zero attached hydrogens (tertiary/aromatic N) is 3. The van der Waals surface area contributed by atoms with Gasteiger partial charge in [-0.15, -0.1) is 0 Å². The molecule has 0 radical (unpaired) electrons. The number of amides is 4. The zero-order valence-electron chi connectivity index (χ0n) is 20.8. The molecule has 3 rings (SSSR count). The summed E-state index contributed by atoms with van der Waals surface area (Å²) in [6, 6.07) is 9.02. The molecule has 37 heavy (non-hydrogen) atoms. The van der Waals surface area contributed by atoms with E-state index in [0.717, 1.165) is 17.0 Å². The summed E-state index contributed by atoms with van der Waals surface area (Å²) in [6.07, 6.45) is -3.97. The van der Waals surface area contributed by atoms with Crippen molar-refractivity contribution >= 4 is 28.2 Å². The Morgan fingerprint density at radius 1 is 1.00 bits per heavy atom. The van der Waals surface area contributed by atoms with Gasteiger partial charge in [0, 0.05) is 14.1 Å². The number of rotatable bonds is 9. The minimum absolute atomic E-state index is 0.00450. The van der Waals surface area contributed by atoms with E-state index in [1.165, 1.54) is 60.3 Å². The Morgan fingerprint density at radius 3 is 1.95 bits per heavy atom. The summed E-state index contributed by atoms with van der Waals surface area (Å²) in [5.74, 6) is -0.795. The zero-order chi connectivity index (χ0) is 27.8. The Bertz CT molecular complexity index is 1280. The molecule has 1 aliphatic rings. The normalized spacial score (nSPS) is 16.7. The highest BCUT2D eigenvalue weighted by atomic mass is 32.2. The summed E-state index contributed by atoms with van der Waals surface area (Å²) in [5.41, 5.74) is -0.790. The molecule has 0 saturated carbocycles. The zero-order valence-corrected chi connectivity index (χ0v) is 21.6. The van der Waals surface area contributed by atoms with Crippen LogP contribution in [0.25, 0.3) is 11.1 Å². The number of carbonyl (C=O) groups is 3. The first kappa shape index (κ1) is 28.2. The number of imide groups is 1. The van der Waals surface area contributed by atoms with Crippen LogP contribution in [0.5, 0.6) is 0 Å². The van der Waals surface area contributed by atoms with Gasteiger partial charge in [0.2, 0.25) is 6.41 Å². The number of hydrogen-bond donors (Lipinski definition) is 0. The lowest BCUT2D eigenvalue weighted by molar-refractivity contribution is -0.137. The number of alkyl halides is 3. The molecule has 0 bridgehead atoms. The first-order valence-electron chi connectivity index (χ1n) is 11.4. The van der Waals surface area contributed by atoms with Crippen LogP contribution in [0.4, 0.5) is 18.0 Å². The second kappa shape index (κ2) is 10.2. The highest BCUT2D eigenvalue weighted by molar-refractivity contribution is 7.91. The van der Waals surface area contributed by atoms with Gasteiger partial charge in [-0.25, -0.2) is 13.2 Å². The first-order valence-corrected chi connectivity index (χ1v) is 13.0. The van der Waals surface area contributed by atoms with Gasteiger partial charge in [-0.1, -0.05) is 24.3 Å². The summed E-state index contributed by atoms with van der Waals surface area (Å²) in [6.45, 7) is 3.05. The van der Waals surface area contributed by atoms with Gasteiger partial charge in [-0.3, -0.25) is 14.5 Å². The van der Waals surface area contributed by atoms with Gasteiger partial charge in [-0.05, 0) is 55.7 Å². The second-order valence-corrected chi connectivity index (χ2v) is 11.6. The molecule has 4 amide bonds. The molecule has 200 valence electrons. The Morgan fingerprint density at radius 2 is 1.51 bits per heavy atom. The van der Waals surface area contributed by atoms with Crippen molar-refractivity contribution in [3.8, 4) is 11.1 Å². The molecule has 1 unspecified atom stereocenters. The van der Waals surface area contributed by atoms with Crippen LogP contribution in [0.3, 0.4) is 0 Å². The van der Waals surface area contributed by atoms with Crippen molar-refractivity contribution in [2.24, 2.45) is 0 Å². The topological polar surface area (TPSA) is 95.1 Å². The molecular formula is C25H28F3N3O5S. The van der Waals surface area contributed by atoms with E-state index in [1.54, 1.807) is 13.8 Å². The summed E-state index contributed by atoms with van der Waals surface area (Å²) < 4.78 is 64.3. The molecule has 1 heterocycles. The Hall–Kier alpha value is -3.41. The Labute approximate surface area is 213 Å². The molecule has 0 N–H and O–H groups in total. The van der Waals surface area contributed by atoms with Crippen molar-refractivity contribution < 1.29 is 36.0 Å². The molecular weight excluding hydrogens is 511 g/mol. The van der Waals surface area contributed by atoms with Crippen LogP contribution in [-0.4, -0.2) is 79.4 Å². The van der Waals surface area contributed by atoms with Crippen molar-refractivity contribution in [3.05, 3.63) is 54.1 Å². The molecule has 2 aromatic rings. The fourth-order valence-corrected chi connectivity index (χ4v) is 5.35. The van der Waals surface area contributed by atoms with E-state index in [2.05, 4.69) is 0 Å². The quantitative estimate of drug-likeness (QED) is 0.358. The van der Waals surface area contributed by atoms with E-state index >= 15 is 0 Å². The predicted octanol–water partition coefficient (Wildman–Crippen LogP) is 3.67. The van der Waals surface area contributed by atoms with Crippen molar-refractivity contribution in [2.75, 3.05) is 26.4 Å². The maximum Gasteiger partial charge on any atom is 0.416 e. The fourth-order valence-electron chi connectivity index (χ4n) is 3.98.